The third-order valence-corrected chi connectivity index (χ3v) is 6.90. The third-order valence-electron chi connectivity index (χ3n) is 6.90. The average molecular weight is 514 g/mol. The van der Waals surface area contributed by atoms with E-state index in [0.717, 1.165) is 0 Å². The summed E-state index contributed by atoms with van der Waals surface area (Å²) in [5, 5.41) is 7.61. The van der Waals surface area contributed by atoms with Crippen molar-refractivity contribution in [3.8, 4) is 0 Å². The Kier molecular flexibility index (Phi) is 9.38. The molecule has 0 spiro atoms. The maximum atomic E-state index is 4.41. The van der Waals surface area contributed by atoms with Gasteiger partial charge in [-0.3, -0.25) is 15.0 Å². The normalized spacial score (nSPS) is 11.0. The number of nitrogens with zero attached hydrogens (tertiary/aromatic N) is 3. The van der Waals surface area contributed by atoms with Crippen LogP contribution in [0.3, 0.4) is 0 Å². The first kappa shape index (κ1) is 27.9. The van der Waals surface area contributed by atoms with Crippen LogP contribution in [0.25, 0.3) is 32.3 Å². The van der Waals surface area contributed by atoms with Crippen molar-refractivity contribution in [1.82, 2.24) is 15.0 Å². The lowest BCUT2D eigenvalue weighted by atomic mass is 9.99. The number of pyridine rings is 3. The van der Waals surface area contributed by atoms with Gasteiger partial charge in [0.15, 0.2) is 0 Å². The fraction of sp³-hybridized carbons (Fsp3) is 0.250. The number of rotatable bonds is 3. The summed E-state index contributed by atoms with van der Waals surface area (Å²) >= 11 is 0. The Morgan fingerprint density at radius 1 is 0.487 bits per heavy atom. The molecule has 3 heterocycles. The van der Waals surface area contributed by atoms with Crippen LogP contribution in [-0.4, -0.2) is 15.0 Å². The van der Waals surface area contributed by atoms with Crippen LogP contribution >= 0.6 is 0 Å². The molecule has 0 saturated carbocycles. The number of benzene rings is 3. The van der Waals surface area contributed by atoms with Crippen molar-refractivity contribution in [3.05, 3.63) is 127 Å². The molecule has 6 rings (SSSR count). The summed E-state index contributed by atoms with van der Waals surface area (Å²) in [5.74, 6) is 1.63. The van der Waals surface area contributed by atoms with Gasteiger partial charge in [-0.05, 0) is 57.2 Å². The zero-order chi connectivity index (χ0) is 27.8. The van der Waals surface area contributed by atoms with Crippen molar-refractivity contribution < 1.29 is 0 Å². The first-order valence-corrected chi connectivity index (χ1v) is 13.8. The second kappa shape index (κ2) is 13.1. The van der Waals surface area contributed by atoms with Gasteiger partial charge in [-0.25, -0.2) is 0 Å². The SMILES string of the molecule is CC(C)c1ccc2cnccc2c1.CC(C)c1cncc2ccccc12.CC(C)c1nccc2ccccc12. The summed E-state index contributed by atoms with van der Waals surface area (Å²) < 4.78 is 0. The highest BCUT2D eigenvalue weighted by Crippen LogP contribution is 2.24. The van der Waals surface area contributed by atoms with E-state index in [2.05, 4.69) is 129 Å². The van der Waals surface area contributed by atoms with Crippen LogP contribution in [0.5, 0.6) is 0 Å². The second-order valence-electron chi connectivity index (χ2n) is 10.8. The monoisotopic (exact) mass is 513 g/mol. The average Bonchev–Trinajstić information content (AvgIpc) is 2.96. The molecule has 0 N–H and O–H groups in total. The topological polar surface area (TPSA) is 38.7 Å². The molecule has 0 aliphatic carbocycles. The van der Waals surface area contributed by atoms with Crippen LogP contribution in [0, 0.1) is 0 Å². The Hall–Kier alpha value is -4.11. The summed E-state index contributed by atoms with van der Waals surface area (Å²) in [4.78, 5) is 12.7. The number of fused-ring (bicyclic) bond motifs is 3. The minimum Gasteiger partial charge on any atom is -0.264 e. The van der Waals surface area contributed by atoms with Gasteiger partial charge in [0, 0.05) is 47.1 Å². The Bertz CT molecular complexity index is 1550. The molecule has 198 valence electrons. The molecule has 6 aromatic rings. The fourth-order valence-corrected chi connectivity index (χ4v) is 4.66. The first-order valence-electron chi connectivity index (χ1n) is 13.8. The Labute approximate surface area is 233 Å². The zero-order valence-electron chi connectivity index (χ0n) is 24.0. The standard InChI is InChI=1S/3C12H13N/c1-9(2)10-3-4-12-8-13-6-5-11(12)7-10;1-9(2)12-8-13-7-10-5-3-4-6-11(10)12;1-9(2)12-11-6-4-3-5-10(11)7-8-13-12/h3*3-9H,1-2H3. The number of aromatic nitrogens is 3. The van der Waals surface area contributed by atoms with E-state index in [1.165, 1.54) is 49.1 Å². The van der Waals surface area contributed by atoms with Crippen LogP contribution in [-0.2, 0) is 0 Å². The minimum atomic E-state index is 0.492. The molecule has 3 aromatic heterocycles. The molecule has 0 aliphatic heterocycles. The maximum absolute atomic E-state index is 4.41. The van der Waals surface area contributed by atoms with E-state index in [-0.39, 0.29) is 0 Å². The highest BCUT2D eigenvalue weighted by atomic mass is 14.7. The predicted molar refractivity (Wildman–Crippen MR) is 167 cm³/mol. The number of hydrogen-bond acceptors (Lipinski definition) is 3. The predicted octanol–water partition coefficient (Wildman–Crippen LogP) is 10.1. The molecule has 0 radical (unpaired) electrons. The molecule has 0 bridgehead atoms. The van der Waals surface area contributed by atoms with E-state index in [4.69, 9.17) is 0 Å². The molecule has 0 aliphatic rings. The third kappa shape index (κ3) is 7.06. The van der Waals surface area contributed by atoms with Gasteiger partial charge < -0.3 is 0 Å². The van der Waals surface area contributed by atoms with E-state index in [9.17, 15) is 0 Å². The summed E-state index contributed by atoms with van der Waals surface area (Å²) in [6.07, 6.45) is 9.51. The summed E-state index contributed by atoms with van der Waals surface area (Å²) in [6, 6.07) is 27.4. The fourth-order valence-electron chi connectivity index (χ4n) is 4.66. The van der Waals surface area contributed by atoms with Gasteiger partial charge in [-0.1, -0.05) is 108 Å². The molecule has 0 amide bonds. The van der Waals surface area contributed by atoms with E-state index >= 15 is 0 Å². The molecule has 3 heteroatoms. The molecule has 3 nitrogen and oxygen atoms in total. The smallest absolute Gasteiger partial charge is 0.0507 e. The Morgan fingerprint density at radius 3 is 1.87 bits per heavy atom. The van der Waals surface area contributed by atoms with Crippen LogP contribution < -0.4 is 0 Å². The van der Waals surface area contributed by atoms with Gasteiger partial charge in [-0.15, -0.1) is 0 Å². The Morgan fingerprint density at radius 2 is 1.15 bits per heavy atom. The van der Waals surface area contributed by atoms with Crippen molar-refractivity contribution in [3.63, 3.8) is 0 Å². The van der Waals surface area contributed by atoms with Gasteiger partial charge in [0.25, 0.3) is 0 Å². The molecule has 39 heavy (non-hydrogen) atoms. The maximum Gasteiger partial charge on any atom is 0.0507 e. The van der Waals surface area contributed by atoms with Crippen molar-refractivity contribution in [2.45, 2.75) is 59.3 Å². The lowest BCUT2D eigenvalue weighted by Gasteiger charge is -2.08. The van der Waals surface area contributed by atoms with Crippen molar-refractivity contribution in [1.29, 1.82) is 0 Å². The Balaban J connectivity index is 0.000000136. The molecule has 0 unspecified atom stereocenters. The summed E-state index contributed by atoms with van der Waals surface area (Å²) in [5.41, 5.74) is 3.91. The van der Waals surface area contributed by atoms with E-state index in [1.807, 2.05) is 37.1 Å². The van der Waals surface area contributed by atoms with Crippen LogP contribution in [0.15, 0.2) is 110 Å². The molecular formula is C36H39N3. The zero-order valence-corrected chi connectivity index (χ0v) is 24.0. The molecule has 0 saturated heterocycles. The van der Waals surface area contributed by atoms with Crippen LogP contribution in [0.1, 0.15) is 76.1 Å². The number of hydrogen-bond donors (Lipinski definition) is 0. The van der Waals surface area contributed by atoms with Gasteiger partial charge in [0.2, 0.25) is 0 Å². The molecule has 0 atom stereocenters. The van der Waals surface area contributed by atoms with Crippen LogP contribution in [0.4, 0.5) is 0 Å². The van der Waals surface area contributed by atoms with E-state index < -0.39 is 0 Å². The molecule has 3 aromatic carbocycles. The second-order valence-corrected chi connectivity index (χ2v) is 10.8. The highest BCUT2D eigenvalue weighted by Gasteiger charge is 2.05. The summed E-state index contributed by atoms with van der Waals surface area (Å²) in [7, 11) is 0. The summed E-state index contributed by atoms with van der Waals surface area (Å²) in [6.45, 7) is 13.2. The minimum absolute atomic E-state index is 0.492. The van der Waals surface area contributed by atoms with Crippen LogP contribution in [0.2, 0.25) is 0 Å². The highest BCUT2D eigenvalue weighted by molar-refractivity contribution is 5.85. The van der Waals surface area contributed by atoms with Crippen molar-refractivity contribution >= 4 is 32.3 Å². The van der Waals surface area contributed by atoms with Gasteiger partial charge in [0.1, 0.15) is 0 Å². The van der Waals surface area contributed by atoms with E-state index in [0.29, 0.717) is 17.8 Å². The molecule has 0 fully saturated rings. The van der Waals surface area contributed by atoms with E-state index in [1.54, 1.807) is 0 Å². The quantitative estimate of drug-likeness (QED) is 0.236. The van der Waals surface area contributed by atoms with Crippen molar-refractivity contribution in [2.75, 3.05) is 0 Å². The van der Waals surface area contributed by atoms with Gasteiger partial charge in [-0.2, -0.15) is 0 Å². The molecular weight excluding hydrogens is 474 g/mol. The lowest BCUT2D eigenvalue weighted by Crippen LogP contribution is -1.92. The van der Waals surface area contributed by atoms with Crippen molar-refractivity contribution in [2.24, 2.45) is 0 Å². The first-order chi connectivity index (χ1) is 18.8. The van der Waals surface area contributed by atoms with Gasteiger partial charge >= 0.3 is 0 Å². The van der Waals surface area contributed by atoms with Gasteiger partial charge in [0.05, 0.1) is 5.69 Å². The largest absolute Gasteiger partial charge is 0.264 e. The lowest BCUT2D eigenvalue weighted by molar-refractivity contribution is 0.834.